The van der Waals surface area contributed by atoms with Crippen molar-refractivity contribution in [2.45, 2.75) is 40.2 Å². The summed E-state index contributed by atoms with van der Waals surface area (Å²) >= 11 is 6.13. The zero-order chi connectivity index (χ0) is 17.8. The molecule has 0 bridgehead atoms. The molecule has 1 unspecified atom stereocenters. The molecule has 1 aromatic carbocycles. The van der Waals surface area contributed by atoms with Gasteiger partial charge in [-0.1, -0.05) is 32.4 Å². The Kier molecular flexibility index (Phi) is 8.75. The lowest BCUT2D eigenvalue weighted by atomic mass is 9.92. The quantitative estimate of drug-likeness (QED) is 0.825. The number of anilines is 1. The van der Waals surface area contributed by atoms with Crippen LogP contribution in [0.4, 0.5) is 5.69 Å². The molecule has 0 saturated heterocycles. The number of nitrogens with two attached hydrogens (primary N) is 1. The molecule has 3 N–H and O–H groups in total. The van der Waals surface area contributed by atoms with Crippen LogP contribution < -0.4 is 11.1 Å². The van der Waals surface area contributed by atoms with Crippen LogP contribution in [0.3, 0.4) is 0 Å². The first-order chi connectivity index (χ1) is 10.5. The molecule has 0 aliphatic carbocycles. The van der Waals surface area contributed by atoms with Crippen molar-refractivity contribution >= 4 is 41.5 Å². The fraction of sp³-hybridized carbons (Fsp3) is 0.529. The lowest BCUT2D eigenvalue weighted by molar-refractivity contribution is -0.117. The van der Waals surface area contributed by atoms with Crippen molar-refractivity contribution < 1.29 is 9.59 Å². The molecule has 24 heavy (non-hydrogen) atoms. The topological polar surface area (TPSA) is 75.4 Å². The summed E-state index contributed by atoms with van der Waals surface area (Å²) in [5.74, 6) is -0.318. The van der Waals surface area contributed by atoms with E-state index >= 15 is 0 Å². The molecule has 2 amide bonds. The lowest BCUT2D eigenvalue weighted by Gasteiger charge is -2.24. The van der Waals surface area contributed by atoms with E-state index in [1.807, 2.05) is 27.7 Å². The Labute approximate surface area is 155 Å². The third-order valence-electron chi connectivity index (χ3n) is 3.49. The minimum absolute atomic E-state index is 0. The van der Waals surface area contributed by atoms with Gasteiger partial charge in [0, 0.05) is 31.7 Å². The summed E-state index contributed by atoms with van der Waals surface area (Å²) in [5.41, 5.74) is 6.40. The maximum Gasteiger partial charge on any atom is 0.255 e. The minimum atomic E-state index is -0.222. The van der Waals surface area contributed by atoms with E-state index in [-0.39, 0.29) is 35.7 Å². The smallest absolute Gasteiger partial charge is 0.255 e. The molecule has 7 heteroatoms. The normalized spacial score (nSPS) is 12.1. The highest BCUT2D eigenvalue weighted by Crippen LogP contribution is 2.24. The summed E-state index contributed by atoms with van der Waals surface area (Å²) in [5, 5.41) is 3.16. The van der Waals surface area contributed by atoms with Gasteiger partial charge in [0.25, 0.3) is 5.91 Å². The molecule has 136 valence electrons. The Hall–Kier alpha value is -1.30. The second-order valence-corrected chi connectivity index (χ2v) is 7.39. The Morgan fingerprint density at radius 2 is 1.92 bits per heavy atom. The predicted molar refractivity (Wildman–Crippen MR) is 102 cm³/mol. The number of hydrogen-bond donors (Lipinski definition) is 2. The highest BCUT2D eigenvalue weighted by atomic mass is 35.5. The lowest BCUT2D eigenvalue weighted by Crippen LogP contribution is -2.39. The SMILES string of the molecule is CC(CN)N(C)C(=O)c1cc(NC(=O)CC(C)(C)C)ccc1Cl.Cl. The van der Waals surface area contributed by atoms with Crippen LogP contribution in [-0.2, 0) is 4.79 Å². The van der Waals surface area contributed by atoms with Gasteiger partial charge in [-0.2, -0.15) is 0 Å². The standard InChI is InChI=1S/C17H26ClN3O2.ClH/c1-11(10-19)21(5)16(23)13-8-12(6-7-14(13)18)20-15(22)9-17(2,3)4;/h6-8,11H,9-10,19H2,1-5H3,(H,20,22);1H. The Morgan fingerprint density at radius 1 is 1.33 bits per heavy atom. The zero-order valence-electron chi connectivity index (χ0n) is 14.9. The van der Waals surface area contributed by atoms with Crippen LogP contribution in [0.1, 0.15) is 44.5 Å². The van der Waals surface area contributed by atoms with E-state index < -0.39 is 0 Å². The number of carbonyl (C=O) groups excluding carboxylic acids is 2. The summed E-state index contributed by atoms with van der Waals surface area (Å²) in [6.45, 7) is 8.20. The molecule has 5 nitrogen and oxygen atoms in total. The van der Waals surface area contributed by atoms with Crippen LogP contribution >= 0.6 is 24.0 Å². The molecule has 1 atom stereocenters. The van der Waals surface area contributed by atoms with Crippen molar-refractivity contribution in [3.63, 3.8) is 0 Å². The predicted octanol–water partition coefficient (Wildman–Crippen LogP) is 3.56. The van der Waals surface area contributed by atoms with Crippen LogP contribution in [0.2, 0.25) is 5.02 Å². The van der Waals surface area contributed by atoms with Crippen molar-refractivity contribution in [3.05, 3.63) is 28.8 Å². The first kappa shape index (κ1) is 22.7. The van der Waals surface area contributed by atoms with Gasteiger partial charge in [0.15, 0.2) is 0 Å². The number of likely N-dealkylation sites (N-methyl/N-ethyl adjacent to an activating group) is 1. The number of nitrogens with one attached hydrogen (secondary N) is 1. The van der Waals surface area contributed by atoms with Crippen LogP contribution in [0, 0.1) is 5.41 Å². The first-order valence-electron chi connectivity index (χ1n) is 7.62. The van der Waals surface area contributed by atoms with E-state index in [1.54, 1.807) is 30.1 Å². The summed E-state index contributed by atoms with van der Waals surface area (Å²) in [6.07, 6.45) is 0.392. The van der Waals surface area contributed by atoms with E-state index in [1.165, 1.54) is 0 Å². The zero-order valence-corrected chi connectivity index (χ0v) is 16.4. The van der Waals surface area contributed by atoms with Gasteiger partial charge in [-0.3, -0.25) is 9.59 Å². The Balaban J connectivity index is 0.00000529. The van der Waals surface area contributed by atoms with Gasteiger partial charge in [-0.05, 0) is 30.5 Å². The number of halogens is 2. The monoisotopic (exact) mass is 375 g/mol. The van der Waals surface area contributed by atoms with Gasteiger partial charge in [0.05, 0.1) is 10.6 Å². The maximum atomic E-state index is 12.5. The van der Waals surface area contributed by atoms with Crippen LogP contribution in [0.5, 0.6) is 0 Å². The van der Waals surface area contributed by atoms with Gasteiger partial charge >= 0.3 is 0 Å². The average molecular weight is 376 g/mol. The molecule has 0 spiro atoms. The third kappa shape index (κ3) is 6.67. The fourth-order valence-electron chi connectivity index (χ4n) is 2.00. The van der Waals surface area contributed by atoms with Crippen molar-refractivity contribution in [1.29, 1.82) is 0 Å². The molecule has 0 radical (unpaired) electrons. The summed E-state index contributed by atoms with van der Waals surface area (Å²) in [4.78, 5) is 26.1. The molecule has 0 fully saturated rings. The number of rotatable bonds is 5. The van der Waals surface area contributed by atoms with Crippen LogP contribution in [0.25, 0.3) is 0 Å². The molecule has 0 saturated carbocycles. The molecule has 0 aliphatic heterocycles. The summed E-state index contributed by atoms with van der Waals surface area (Å²) < 4.78 is 0. The molecule has 0 aliphatic rings. The van der Waals surface area contributed by atoms with Crippen molar-refractivity contribution in [1.82, 2.24) is 4.90 Å². The summed E-state index contributed by atoms with van der Waals surface area (Å²) in [7, 11) is 1.68. The van der Waals surface area contributed by atoms with Gasteiger partial charge in [0.2, 0.25) is 5.91 Å². The van der Waals surface area contributed by atoms with E-state index in [4.69, 9.17) is 17.3 Å². The maximum absolute atomic E-state index is 12.5. The Morgan fingerprint density at radius 3 is 2.42 bits per heavy atom. The van der Waals surface area contributed by atoms with Crippen molar-refractivity contribution in [2.75, 3.05) is 18.9 Å². The molecule has 1 rings (SSSR count). The highest BCUT2D eigenvalue weighted by molar-refractivity contribution is 6.34. The van der Waals surface area contributed by atoms with Crippen LogP contribution in [-0.4, -0.2) is 36.3 Å². The number of carbonyl (C=O) groups is 2. The number of hydrogen-bond acceptors (Lipinski definition) is 3. The second kappa shape index (κ2) is 9.25. The van der Waals surface area contributed by atoms with Gasteiger partial charge in [-0.25, -0.2) is 0 Å². The van der Waals surface area contributed by atoms with Gasteiger partial charge in [-0.15, -0.1) is 12.4 Å². The molecular weight excluding hydrogens is 349 g/mol. The summed E-state index contributed by atoms with van der Waals surface area (Å²) in [6, 6.07) is 4.80. The van der Waals surface area contributed by atoms with E-state index in [0.717, 1.165) is 0 Å². The minimum Gasteiger partial charge on any atom is -0.338 e. The largest absolute Gasteiger partial charge is 0.338 e. The second-order valence-electron chi connectivity index (χ2n) is 6.98. The number of amides is 2. The Bertz CT molecular complexity index is 586. The molecule has 0 heterocycles. The number of benzene rings is 1. The van der Waals surface area contributed by atoms with Gasteiger partial charge < -0.3 is 16.0 Å². The first-order valence-corrected chi connectivity index (χ1v) is 7.99. The molecule has 0 aromatic heterocycles. The number of nitrogens with zero attached hydrogens (tertiary/aromatic N) is 1. The highest BCUT2D eigenvalue weighted by Gasteiger charge is 2.20. The molecule has 1 aromatic rings. The van der Waals surface area contributed by atoms with E-state index in [0.29, 0.717) is 29.2 Å². The fourth-order valence-corrected chi connectivity index (χ4v) is 2.20. The van der Waals surface area contributed by atoms with Crippen molar-refractivity contribution in [3.8, 4) is 0 Å². The van der Waals surface area contributed by atoms with Crippen LogP contribution in [0.15, 0.2) is 18.2 Å². The van der Waals surface area contributed by atoms with Gasteiger partial charge in [0.1, 0.15) is 0 Å². The van der Waals surface area contributed by atoms with E-state index in [9.17, 15) is 9.59 Å². The van der Waals surface area contributed by atoms with E-state index in [2.05, 4.69) is 5.32 Å². The molecular formula is C17H27Cl2N3O2. The van der Waals surface area contributed by atoms with Crippen molar-refractivity contribution in [2.24, 2.45) is 11.1 Å². The third-order valence-corrected chi connectivity index (χ3v) is 3.82. The average Bonchev–Trinajstić information content (AvgIpc) is 2.44.